The van der Waals surface area contributed by atoms with Crippen molar-refractivity contribution in [1.82, 2.24) is 5.32 Å². The number of sulfone groups is 1. The van der Waals surface area contributed by atoms with Crippen molar-refractivity contribution in [3.8, 4) is 0 Å². The summed E-state index contributed by atoms with van der Waals surface area (Å²) in [6.07, 6.45) is 5.04. The molecule has 3 aliphatic rings. The highest BCUT2D eigenvalue weighted by molar-refractivity contribution is 7.91. The van der Waals surface area contributed by atoms with Gasteiger partial charge >= 0.3 is 0 Å². The van der Waals surface area contributed by atoms with Crippen LogP contribution in [0.5, 0.6) is 0 Å². The second-order valence-corrected chi connectivity index (χ2v) is 12.9. The van der Waals surface area contributed by atoms with Crippen molar-refractivity contribution in [2.75, 3.05) is 34.4 Å². The molecule has 2 aliphatic heterocycles. The Hall–Kier alpha value is -2.35. The Labute approximate surface area is 209 Å². The first kappa shape index (κ1) is 25.7. The first-order valence-electron chi connectivity index (χ1n) is 13.0. The summed E-state index contributed by atoms with van der Waals surface area (Å²) in [5.41, 5.74) is 3.75. The molecule has 192 valence electrons. The fourth-order valence-corrected chi connectivity index (χ4v) is 7.05. The minimum atomic E-state index is -2.85. The maximum Gasteiger partial charge on any atom is 0.230 e. The summed E-state index contributed by atoms with van der Waals surface area (Å²) in [4.78, 5) is 29.2. The number of fused-ring (bicyclic) bond motifs is 1. The van der Waals surface area contributed by atoms with E-state index in [0.717, 1.165) is 54.9 Å². The molecule has 0 bridgehead atoms. The van der Waals surface area contributed by atoms with Crippen LogP contribution in [0.4, 0.5) is 11.4 Å². The number of benzene rings is 1. The molecule has 1 saturated heterocycles. The third-order valence-corrected chi connectivity index (χ3v) is 9.46. The number of nitrogens with one attached hydrogen (secondary N) is 1. The van der Waals surface area contributed by atoms with Crippen molar-refractivity contribution in [1.29, 1.82) is 0 Å². The Kier molecular flexibility index (Phi) is 7.60. The van der Waals surface area contributed by atoms with Crippen molar-refractivity contribution in [2.45, 2.75) is 71.3 Å². The summed E-state index contributed by atoms with van der Waals surface area (Å²) in [5.74, 6) is 1.44. The van der Waals surface area contributed by atoms with Gasteiger partial charge in [0.1, 0.15) is 9.84 Å². The number of carbonyl (C=O) groups excluding carboxylic acids is 2. The Morgan fingerprint density at radius 2 is 1.83 bits per heavy atom. The fraction of sp³-hybridized carbons (Fsp3) is 0.630. The van der Waals surface area contributed by atoms with Crippen molar-refractivity contribution >= 4 is 33.0 Å². The summed E-state index contributed by atoms with van der Waals surface area (Å²) in [7, 11) is -2.85. The van der Waals surface area contributed by atoms with E-state index in [0.29, 0.717) is 25.3 Å². The van der Waals surface area contributed by atoms with Gasteiger partial charge in [-0.1, -0.05) is 19.6 Å². The molecule has 35 heavy (non-hydrogen) atoms. The predicted molar refractivity (Wildman–Crippen MR) is 140 cm³/mol. The van der Waals surface area contributed by atoms with E-state index in [9.17, 15) is 18.0 Å². The fourth-order valence-electron chi connectivity index (χ4n) is 5.46. The van der Waals surface area contributed by atoms with Crippen LogP contribution in [0.15, 0.2) is 30.5 Å². The standard InChI is InChI=1S/C27H39N3O4S/c1-5-22(16-28-18(2)14-21-10-12-35(33,34)13-11-21)24-8-9-25-26(15-24)29(27(32)23-6-7-23)17-19(3)30(25)20(4)31/h8-9,15,19,21-23,28H,2,5-7,10-14,16-17H2,1,3-4H3/t19-,22?/m0/s1. The molecular weight excluding hydrogens is 462 g/mol. The molecule has 1 aromatic rings. The second kappa shape index (κ2) is 10.3. The number of rotatable bonds is 8. The van der Waals surface area contributed by atoms with Crippen LogP contribution in [0.3, 0.4) is 0 Å². The SMILES string of the molecule is C=C(CC1CCS(=O)(=O)CC1)NCC(CC)c1ccc2c(c1)N(C(=O)C1CC1)C[C@H](C)N2C(C)=O. The second-order valence-electron chi connectivity index (χ2n) is 10.6. The number of hydrogen-bond acceptors (Lipinski definition) is 5. The highest BCUT2D eigenvalue weighted by Gasteiger charge is 2.40. The molecule has 1 aliphatic carbocycles. The van der Waals surface area contributed by atoms with Crippen LogP contribution in [0.25, 0.3) is 0 Å². The van der Waals surface area contributed by atoms with Gasteiger partial charge in [-0.2, -0.15) is 0 Å². The van der Waals surface area contributed by atoms with E-state index < -0.39 is 9.84 Å². The lowest BCUT2D eigenvalue weighted by Gasteiger charge is -2.41. The van der Waals surface area contributed by atoms with Crippen LogP contribution >= 0.6 is 0 Å². The number of hydrogen-bond donors (Lipinski definition) is 1. The van der Waals surface area contributed by atoms with Gasteiger partial charge in [0.15, 0.2) is 0 Å². The zero-order valence-electron chi connectivity index (χ0n) is 21.3. The normalized spacial score (nSPS) is 22.9. The van der Waals surface area contributed by atoms with E-state index in [4.69, 9.17) is 0 Å². The summed E-state index contributed by atoms with van der Waals surface area (Å²) in [6.45, 7) is 11.2. The van der Waals surface area contributed by atoms with Crippen molar-refractivity contribution in [3.05, 3.63) is 36.0 Å². The van der Waals surface area contributed by atoms with E-state index in [1.165, 1.54) is 0 Å². The average molecular weight is 502 g/mol. The quantitative estimate of drug-likeness (QED) is 0.582. The molecule has 4 rings (SSSR count). The molecule has 8 heteroatoms. The molecule has 1 saturated carbocycles. The van der Waals surface area contributed by atoms with Crippen LogP contribution in [0.2, 0.25) is 0 Å². The summed E-state index contributed by atoms with van der Waals surface area (Å²) in [5, 5.41) is 3.49. The number of carbonyl (C=O) groups is 2. The van der Waals surface area contributed by atoms with Gasteiger partial charge in [-0.15, -0.1) is 0 Å². The van der Waals surface area contributed by atoms with Gasteiger partial charge in [0.25, 0.3) is 0 Å². The van der Waals surface area contributed by atoms with Crippen molar-refractivity contribution in [2.24, 2.45) is 11.8 Å². The lowest BCUT2D eigenvalue weighted by molar-refractivity contribution is -0.120. The largest absolute Gasteiger partial charge is 0.388 e. The van der Waals surface area contributed by atoms with Crippen LogP contribution in [-0.2, 0) is 19.4 Å². The molecule has 2 amide bonds. The van der Waals surface area contributed by atoms with Crippen molar-refractivity contribution in [3.63, 3.8) is 0 Å². The summed E-state index contributed by atoms with van der Waals surface area (Å²) in [6, 6.07) is 6.11. The topological polar surface area (TPSA) is 86.8 Å². The first-order chi connectivity index (χ1) is 16.6. The molecule has 2 heterocycles. The molecule has 0 aromatic heterocycles. The Balaban J connectivity index is 1.47. The zero-order chi connectivity index (χ0) is 25.3. The molecule has 1 unspecified atom stereocenters. The van der Waals surface area contributed by atoms with Crippen LogP contribution in [-0.4, -0.2) is 50.9 Å². The molecule has 1 N–H and O–H groups in total. The third kappa shape index (κ3) is 5.90. The lowest BCUT2D eigenvalue weighted by atomic mass is 9.93. The van der Waals surface area contributed by atoms with Gasteiger partial charge in [0, 0.05) is 37.5 Å². The monoisotopic (exact) mass is 501 g/mol. The molecule has 2 atom stereocenters. The van der Waals surface area contributed by atoms with Gasteiger partial charge < -0.3 is 15.1 Å². The average Bonchev–Trinajstić information content (AvgIpc) is 3.65. The minimum absolute atomic E-state index is 0.00876. The number of anilines is 2. The van der Waals surface area contributed by atoms with E-state index >= 15 is 0 Å². The smallest absolute Gasteiger partial charge is 0.230 e. The predicted octanol–water partition coefficient (Wildman–Crippen LogP) is 4.00. The first-order valence-corrected chi connectivity index (χ1v) is 14.8. The Morgan fingerprint density at radius 1 is 1.14 bits per heavy atom. The van der Waals surface area contributed by atoms with Crippen LogP contribution in [0, 0.1) is 11.8 Å². The van der Waals surface area contributed by atoms with Gasteiger partial charge in [0.05, 0.1) is 28.9 Å². The maximum absolute atomic E-state index is 13.1. The van der Waals surface area contributed by atoms with Gasteiger partial charge in [-0.3, -0.25) is 9.59 Å². The Bertz CT molecular complexity index is 1080. The van der Waals surface area contributed by atoms with E-state index in [1.807, 2.05) is 17.9 Å². The van der Waals surface area contributed by atoms with E-state index in [1.54, 1.807) is 11.8 Å². The number of allylic oxidation sites excluding steroid dienone is 1. The lowest BCUT2D eigenvalue weighted by Crippen LogP contribution is -2.51. The highest BCUT2D eigenvalue weighted by atomic mass is 32.2. The van der Waals surface area contributed by atoms with E-state index in [2.05, 4.69) is 31.0 Å². The minimum Gasteiger partial charge on any atom is -0.388 e. The summed E-state index contributed by atoms with van der Waals surface area (Å²) >= 11 is 0. The van der Waals surface area contributed by atoms with E-state index in [-0.39, 0.29) is 41.2 Å². The van der Waals surface area contributed by atoms with Gasteiger partial charge in [-0.05, 0) is 69.1 Å². The molecule has 1 aromatic carbocycles. The summed E-state index contributed by atoms with van der Waals surface area (Å²) < 4.78 is 23.4. The van der Waals surface area contributed by atoms with Gasteiger partial charge in [-0.25, -0.2) is 8.42 Å². The molecule has 2 fully saturated rings. The molecule has 0 spiro atoms. The molecule has 0 radical (unpaired) electrons. The molecular formula is C27H39N3O4S. The highest BCUT2D eigenvalue weighted by Crippen LogP contribution is 2.41. The number of nitrogens with zero attached hydrogens (tertiary/aromatic N) is 2. The third-order valence-electron chi connectivity index (χ3n) is 7.74. The van der Waals surface area contributed by atoms with Crippen LogP contribution < -0.4 is 15.1 Å². The Morgan fingerprint density at radius 3 is 2.43 bits per heavy atom. The maximum atomic E-state index is 13.1. The molecule has 7 nitrogen and oxygen atoms in total. The van der Waals surface area contributed by atoms with Crippen LogP contribution in [0.1, 0.15) is 70.8 Å². The van der Waals surface area contributed by atoms with Gasteiger partial charge in [0.2, 0.25) is 11.8 Å². The van der Waals surface area contributed by atoms with Crippen molar-refractivity contribution < 1.29 is 18.0 Å². The number of amides is 2. The zero-order valence-corrected chi connectivity index (χ0v) is 22.1.